The van der Waals surface area contributed by atoms with Crippen LogP contribution >= 0.6 is 15.6 Å². The lowest BCUT2D eigenvalue weighted by Gasteiger charge is -2.21. The highest BCUT2D eigenvalue weighted by atomic mass is 31.2. The van der Waals surface area contributed by atoms with Crippen LogP contribution in [-0.2, 0) is 65.4 Å². The predicted octanol–water partition coefficient (Wildman–Crippen LogP) is 13.5. The van der Waals surface area contributed by atoms with Gasteiger partial charge in [-0.3, -0.25) is 37.3 Å². The van der Waals surface area contributed by atoms with E-state index in [1.807, 2.05) is 0 Å². The Morgan fingerprint density at radius 1 is 0.375 bits per heavy atom. The molecule has 0 rings (SSSR count). The molecule has 5 atom stereocenters. The molecule has 0 aromatic carbocycles. The number of hydrogen-bond acceptors (Lipinski definition) is 15. The molecule has 0 aliphatic rings. The largest absolute Gasteiger partial charge is 0.472 e. The van der Waals surface area contributed by atoms with Gasteiger partial charge in [-0.05, 0) is 31.6 Å². The summed E-state index contributed by atoms with van der Waals surface area (Å²) in [6.45, 7) is 6.89. The minimum Gasteiger partial charge on any atom is -0.462 e. The van der Waals surface area contributed by atoms with E-state index in [1.165, 1.54) is 57.8 Å². The number of carbonyl (C=O) groups is 4. The number of unbranched alkanes of at least 4 members (excludes halogenated alkanes) is 25. The zero-order chi connectivity index (χ0) is 53.6. The molecule has 0 amide bonds. The summed E-state index contributed by atoms with van der Waals surface area (Å²) in [6.07, 6.45) is 27.1. The molecule has 19 heteroatoms. The lowest BCUT2D eigenvalue weighted by molar-refractivity contribution is -0.161. The summed E-state index contributed by atoms with van der Waals surface area (Å²) < 4.78 is 67.2. The third kappa shape index (κ3) is 47.8. The zero-order valence-electron chi connectivity index (χ0n) is 45.5. The zero-order valence-corrected chi connectivity index (χ0v) is 47.3. The highest BCUT2D eigenvalue weighted by molar-refractivity contribution is 7.47. The fourth-order valence-corrected chi connectivity index (χ4v) is 9.22. The summed E-state index contributed by atoms with van der Waals surface area (Å²) in [5.41, 5.74) is 0. The lowest BCUT2D eigenvalue weighted by atomic mass is 10.0. The van der Waals surface area contributed by atoms with E-state index in [1.54, 1.807) is 0 Å². The summed E-state index contributed by atoms with van der Waals surface area (Å²) in [6, 6.07) is 0. The van der Waals surface area contributed by atoms with Crippen LogP contribution in [0.15, 0.2) is 0 Å². The number of aliphatic hydroxyl groups is 1. The van der Waals surface area contributed by atoms with Crippen LogP contribution in [0.5, 0.6) is 0 Å². The topological polar surface area (TPSA) is 237 Å². The highest BCUT2D eigenvalue weighted by Crippen LogP contribution is 2.45. The molecule has 2 unspecified atom stereocenters. The maximum Gasteiger partial charge on any atom is 0.472 e. The molecule has 3 N–H and O–H groups in total. The molecule has 0 saturated heterocycles. The molecule has 0 aromatic rings. The molecule has 0 aliphatic heterocycles. The Morgan fingerprint density at radius 3 is 0.944 bits per heavy atom. The molecule has 0 aromatic heterocycles. The molecule has 17 nitrogen and oxygen atoms in total. The van der Waals surface area contributed by atoms with Crippen molar-refractivity contribution < 1.29 is 80.2 Å². The van der Waals surface area contributed by atoms with Crippen LogP contribution in [0.3, 0.4) is 0 Å². The monoisotopic (exact) mass is 1070 g/mol. The van der Waals surface area contributed by atoms with Crippen molar-refractivity contribution >= 4 is 39.5 Å². The Morgan fingerprint density at radius 2 is 0.639 bits per heavy atom. The number of aliphatic hydroxyl groups excluding tert-OH is 1. The molecule has 0 radical (unpaired) electrons. The van der Waals surface area contributed by atoms with E-state index in [0.29, 0.717) is 31.6 Å². The number of hydrogen-bond donors (Lipinski definition) is 3. The van der Waals surface area contributed by atoms with Crippen LogP contribution < -0.4 is 0 Å². The standard InChI is InChI=1S/C53H102O17P2/c1-6-9-12-15-17-19-20-22-29-34-39-53(58)70-49(43-64-51(56)37-32-27-24-23-26-30-35-46(4)5)45-68-72(61,62)66-41-47(54)40-65-71(59,60)67-44-48(42-63-50(55)36-31-25-14-11-8-3)69-52(57)38-33-28-21-18-16-13-10-7-2/h46-49,54H,6-45H2,1-5H3,(H,59,60)(H,61,62)/t47-,48+,49+/m0/s1. The Labute approximate surface area is 435 Å². The minimum atomic E-state index is -4.93. The second-order valence-electron chi connectivity index (χ2n) is 19.7. The average molecular weight is 1070 g/mol. The van der Waals surface area contributed by atoms with Crippen molar-refractivity contribution in [2.75, 3.05) is 39.6 Å². The van der Waals surface area contributed by atoms with Gasteiger partial charge in [0.1, 0.15) is 19.3 Å². The van der Waals surface area contributed by atoms with E-state index in [9.17, 15) is 43.2 Å². The maximum atomic E-state index is 12.8. The van der Waals surface area contributed by atoms with Crippen molar-refractivity contribution in [1.29, 1.82) is 0 Å². The Hall–Kier alpha value is -1.94. The smallest absolute Gasteiger partial charge is 0.462 e. The first kappa shape index (κ1) is 70.1. The fourth-order valence-electron chi connectivity index (χ4n) is 7.64. The summed E-state index contributed by atoms with van der Waals surface area (Å²) in [4.78, 5) is 71.3. The maximum absolute atomic E-state index is 12.8. The van der Waals surface area contributed by atoms with E-state index in [4.69, 9.17) is 37.0 Å². The summed E-state index contributed by atoms with van der Waals surface area (Å²) in [5.74, 6) is -1.48. The average Bonchev–Trinajstić information content (AvgIpc) is 3.34. The fraction of sp³-hybridized carbons (Fsp3) is 0.925. The van der Waals surface area contributed by atoms with Gasteiger partial charge >= 0.3 is 39.5 Å². The van der Waals surface area contributed by atoms with Gasteiger partial charge in [-0.15, -0.1) is 0 Å². The number of phosphoric ester groups is 2. The number of carbonyl (C=O) groups excluding carboxylic acids is 4. The molecule has 0 spiro atoms. The highest BCUT2D eigenvalue weighted by Gasteiger charge is 2.30. The lowest BCUT2D eigenvalue weighted by Crippen LogP contribution is -2.30. The van der Waals surface area contributed by atoms with Crippen LogP contribution in [0.4, 0.5) is 0 Å². The van der Waals surface area contributed by atoms with E-state index in [-0.39, 0.29) is 25.7 Å². The molecule has 72 heavy (non-hydrogen) atoms. The van der Waals surface area contributed by atoms with E-state index in [2.05, 4.69) is 34.6 Å². The van der Waals surface area contributed by atoms with Crippen LogP contribution in [-0.4, -0.2) is 96.7 Å². The van der Waals surface area contributed by atoms with Gasteiger partial charge in [0.05, 0.1) is 26.4 Å². The number of ether oxygens (including phenoxy) is 4. The third-order valence-corrected chi connectivity index (χ3v) is 13.9. The number of esters is 4. The van der Waals surface area contributed by atoms with Gasteiger partial charge in [-0.2, -0.15) is 0 Å². The predicted molar refractivity (Wildman–Crippen MR) is 280 cm³/mol. The quantitative estimate of drug-likeness (QED) is 0.0222. The van der Waals surface area contributed by atoms with Gasteiger partial charge < -0.3 is 33.8 Å². The Balaban J connectivity index is 5.18. The van der Waals surface area contributed by atoms with Crippen molar-refractivity contribution in [2.45, 2.75) is 271 Å². The van der Waals surface area contributed by atoms with Crippen LogP contribution in [0.25, 0.3) is 0 Å². The van der Waals surface area contributed by atoms with Crippen LogP contribution in [0.1, 0.15) is 253 Å². The molecule has 0 heterocycles. The van der Waals surface area contributed by atoms with Gasteiger partial charge in [0.25, 0.3) is 0 Å². The van der Waals surface area contributed by atoms with Gasteiger partial charge in [0.2, 0.25) is 0 Å². The molecular formula is C53H102O17P2. The number of phosphoric acid groups is 2. The van der Waals surface area contributed by atoms with E-state index < -0.39 is 97.5 Å². The van der Waals surface area contributed by atoms with Crippen molar-refractivity contribution in [3.05, 3.63) is 0 Å². The molecule has 0 fully saturated rings. The molecule has 0 aliphatic carbocycles. The van der Waals surface area contributed by atoms with Crippen molar-refractivity contribution in [2.24, 2.45) is 5.92 Å². The van der Waals surface area contributed by atoms with Gasteiger partial charge in [-0.1, -0.05) is 202 Å². The molecule has 0 saturated carbocycles. The van der Waals surface area contributed by atoms with Crippen molar-refractivity contribution in [3.63, 3.8) is 0 Å². The van der Waals surface area contributed by atoms with E-state index >= 15 is 0 Å². The Bertz CT molecular complexity index is 1430. The second kappa shape index (κ2) is 47.5. The Kier molecular flexibility index (Phi) is 46.2. The summed E-state index contributed by atoms with van der Waals surface area (Å²) in [5, 5.41) is 10.4. The normalized spacial score (nSPS) is 14.6. The van der Waals surface area contributed by atoms with Crippen LogP contribution in [0.2, 0.25) is 0 Å². The second-order valence-corrected chi connectivity index (χ2v) is 22.6. The molecule has 426 valence electrons. The third-order valence-electron chi connectivity index (χ3n) is 12.0. The van der Waals surface area contributed by atoms with E-state index in [0.717, 1.165) is 109 Å². The van der Waals surface area contributed by atoms with Crippen molar-refractivity contribution in [1.82, 2.24) is 0 Å². The summed E-state index contributed by atoms with van der Waals surface area (Å²) >= 11 is 0. The SMILES string of the molecule is CCCCCCCCCCCCC(=O)O[C@H](COC(=O)CCCCCCCCC(C)C)COP(=O)(O)OC[C@@H](O)COP(=O)(O)OC[C@@H](COC(=O)CCCCCCC)OC(=O)CCCCCCCCCC. The first-order chi connectivity index (χ1) is 34.5. The first-order valence-electron chi connectivity index (χ1n) is 28.1. The van der Waals surface area contributed by atoms with Gasteiger partial charge in [0, 0.05) is 25.7 Å². The van der Waals surface area contributed by atoms with Crippen molar-refractivity contribution in [3.8, 4) is 0 Å². The van der Waals surface area contributed by atoms with Gasteiger partial charge in [-0.25, -0.2) is 9.13 Å². The molecule has 0 bridgehead atoms. The van der Waals surface area contributed by atoms with Crippen LogP contribution in [0, 0.1) is 5.92 Å². The molecular weight excluding hydrogens is 971 g/mol. The minimum absolute atomic E-state index is 0.104. The first-order valence-corrected chi connectivity index (χ1v) is 31.1. The van der Waals surface area contributed by atoms with Gasteiger partial charge in [0.15, 0.2) is 12.2 Å². The summed E-state index contributed by atoms with van der Waals surface area (Å²) in [7, 11) is -9.85. The number of rotatable bonds is 53.